The van der Waals surface area contributed by atoms with Crippen LogP contribution in [0.1, 0.15) is 11.3 Å². The Morgan fingerprint density at radius 3 is 2.57 bits per heavy atom. The number of aliphatic carboxylic acids is 1. The minimum Gasteiger partial charge on any atom is -0.481 e. The van der Waals surface area contributed by atoms with Crippen molar-refractivity contribution in [2.45, 2.75) is 13.3 Å². The van der Waals surface area contributed by atoms with Crippen LogP contribution in [0.5, 0.6) is 5.75 Å². The van der Waals surface area contributed by atoms with E-state index in [1.807, 2.05) is 0 Å². The fourth-order valence-corrected chi connectivity index (χ4v) is 2.28. The van der Waals surface area contributed by atoms with E-state index >= 15 is 0 Å². The molecular weight excluding hydrogens is 304 g/mol. The van der Waals surface area contributed by atoms with Crippen LogP contribution in [0.15, 0.2) is 27.4 Å². The summed E-state index contributed by atoms with van der Waals surface area (Å²) in [7, 11) is -4.78. The highest BCUT2D eigenvalue weighted by molar-refractivity contribution is 7.81. The Kier molecular flexibility index (Phi) is 3.71. The van der Waals surface area contributed by atoms with E-state index in [1.165, 1.54) is 13.0 Å². The summed E-state index contributed by atoms with van der Waals surface area (Å²) in [6, 6.07) is 3.33. The van der Waals surface area contributed by atoms with Gasteiger partial charge in [0.15, 0.2) is 5.43 Å². The summed E-state index contributed by atoms with van der Waals surface area (Å²) in [6.07, 6.45) is -0.535. The van der Waals surface area contributed by atoms with Gasteiger partial charge >= 0.3 is 16.4 Å². The molecule has 2 rings (SSSR count). The molecule has 8 nitrogen and oxygen atoms in total. The molecular formula is C12H10O8S. The lowest BCUT2D eigenvalue weighted by Crippen LogP contribution is -2.11. The van der Waals surface area contributed by atoms with Crippen molar-refractivity contribution in [1.82, 2.24) is 0 Å². The van der Waals surface area contributed by atoms with Crippen molar-refractivity contribution in [1.29, 1.82) is 0 Å². The predicted octanol–water partition coefficient (Wildman–Crippen LogP) is 0.910. The average molecular weight is 314 g/mol. The summed E-state index contributed by atoms with van der Waals surface area (Å²) in [5.74, 6) is -1.31. The normalized spacial score (nSPS) is 11.5. The summed E-state index contributed by atoms with van der Waals surface area (Å²) in [5, 5.41) is 8.87. The van der Waals surface area contributed by atoms with E-state index in [2.05, 4.69) is 4.18 Å². The maximum atomic E-state index is 11.9. The number of hydrogen-bond acceptors (Lipinski definition) is 6. The van der Waals surface area contributed by atoms with Crippen LogP contribution in [-0.4, -0.2) is 24.0 Å². The number of fused-ring (bicyclic) bond motifs is 1. The quantitative estimate of drug-likeness (QED) is 0.796. The largest absolute Gasteiger partial charge is 0.481 e. The molecule has 1 heterocycles. The maximum Gasteiger partial charge on any atom is 0.446 e. The molecule has 21 heavy (non-hydrogen) atoms. The highest BCUT2D eigenvalue weighted by atomic mass is 32.3. The van der Waals surface area contributed by atoms with E-state index in [4.69, 9.17) is 14.1 Å². The number of rotatable bonds is 4. The molecule has 112 valence electrons. The van der Waals surface area contributed by atoms with Gasteiger partial charge < -0.3 is 13.7 Å². The van der Waals surface area contributed by atoms with Gasteiger partial charge in [0.1, 0.15) is 17.1 Å². The van der Waals surface area contributed by atoms with Crippen LogP contribution in [0, 0.1) is 6.92 Å². The molecule has 0 fully saturated rings. The molecule has 0 radical (unpaired) electrons. The maximum absolute atomic E-state index is 11.9. The van der Waals surface area contributed by atoms with Gasteiger partial charge in [0.2, 0.25) is 0 Å². The molecule has 9 heteroatoms. The Hall–Kier alpha value is -2.39. The molecule has 0 atom stereocenters. The Morgan fingerprint density at radius 2 is 2.00 bits per heavy atom. The summed E-state index contributed by atoms with van der Waals surface area (Å²) >= 11 is 0. The van der Waals surface area contributed by atoms with Crippen molar-refractivity contribution in [2.75, 3.05) is 0 Å². The van der Waals surface area contributed by atoms with Crippen molar-refractivity contribution in [3.05, 3.63) is 39.7 Å². The van der Waals surface area contributed by atoms with Crippen LogP contribution in [0.2, 0.25) is 0 Å². The van der Waals surface area contributed by atoms with Crippen molar-refractivity contribution >= 4 is 27.3 Å². The molecule has 2 N–H and O–H groups in total. The highest BCUT2D eigenvalue weighted by Crippen LogP contribution is 2.25. The van der Waals surface area contributed by atoms with Crippen LogP contribution in [0.4, 0.5) is 0 Å². The Morgan fingerprint density at radius 1 is 1.33 bits per heavy atom. The molecule has 0 saturated carbocycles. The van der Waals surface area contributed by atoms with Gasteiger partial charge in [0.05, 0.1) is 11.8 Å². The van der Waals surface area contributed by atoms with Crippen molar-refractivity contribution < 1.29 is 31.5 Å². The topological polar surface area (TPSA) is 131 Å². The first-order valence-corrected chi connectivity index (χ1v) is 6.98. The van der Waals surface area contributed by atoms with Gasteiger partial charge in [0, 0.05) is 12.1 Å². The molecule has 1 aromatic heterocycles. The first kappa shape index (κ1) is 15.0. The molecule has 0 aliphatic heterocycles. The van der Waals surface area contributed by atoms with Gasteiger partial charge in [-0.25, -0.2) is 0 Å². The number of benzene rings is 1. The standard InChI is InChI=1S/C12H10O8S/c1-6-2-9(13)12-7(4-11(14)15)3-8(5-10(12)19-6)20-21(16,17)18/h2-3,5H,4H2,1H3,(H,14,15)(H,16,17,18). The lowest BCUT2D eigenvalue weighted by Gasteiger charge is -2.08. The summed E-state index contributed by atoms with van der Waals surface area (Å²) in [6.45, 7) is 1.51. The molecule has 0 aliphatic rings. The number of carbonyl (C=O) groups is 1. The van der Waals surface area contributed by atoms with Crippen LogP contribution >= 0.6 is 0 Å². The SMILES string of the molecule is Cc1cc(=O)c2c(CC(=O)O)cc(OS(=O)(=O)O)cc2o1. The molecule has 0 saturated heterocycles. The lowest BCUT2D eigenvalue weighted by molar-refractivity contribution is -0.136. The van der Waals surface area contributed by atoms with E-state index in [9.17, 15) is 18.0 Å². The summed E-state index contributed by atoms with van der Waals surface area (Å²) < 4.78 is 39.7. The van der Waals surface area contributed by atoms with Crippen molar-refractivity contribution in [2.24, 2.45) is 0 Å². The highest BCUT2D eigenvalue weighted by Gasteiger charge is 2.16. The molecule has 0 spiro atoms. The van der Waals surface area contributed by atoms with Crippen LogP contribution in [0.3, 0.4) is 0 Å². The molecule has 0 bridgehead atoms. The monoisotopic (exact) mass is 314 g/mol. The first-order valence-electron chi connectivity index (χ1n) is 5.62. The predicted molar refractivity (Wildman–Crippen MR) is 70.7 cm³/mol. The lowest BCUT2D eigenvalue weighted by atomic mass is 10.1. The van der Waals surface area contributed by atoms with E-state index < -0.39 is 28.2 Å². The molecule has 1 aromatic carbocycles. The first-order chi connectivity index (χ1) is 9.65. The van der Waals surface area contributed by atoms with E-state index in [-0.39, 0.29) is 28.0 Å². The van der Waals surface area contributed by atoms with Gasteiger partial charge in [-0.15, -0.1) is 0 Å². The number of aryl methyl sites for hydroxylation is 1. The zero-order chi connectivity index (χ0) is 15.8. The molecule has 2 aromatic rings. The third-order valence-electron chi connectivity index (χ3n) is 2.55. The van der Waals surface area contributed by atoms with E-state index in [0.29, 0.717) is 0 Å². The van der Waals surface area contributed by atoms with Gasteiger partial charge in [-0.1, -0.05) is 0 Å². The van der Waals surface area contributed by atoms with Gasteiger partial charge in [-0.05, 0) is 18.6 Å². The van der Waals surface area contributed by atoms with Crippen molar-refractivity contribution in [3.8, 4) is 5.75 Å². The van der Waals surface area contributed by atoms with Gasteiger partial charge in [0.25, 0.3) is 0 Å². The second-order valence-electron chi connectivity index (χ2n) is 4.26. The van der Waals surface area contributed by atoms with E-state index in [0.717, 1.165) is 12.1 Å². The zero-order valence-electron chi connectivity index (χ0n) is 10.7. The third kappa shape index (κ3) is 3.58. The van der Waals surface area contributed by atoms with Gasteiger partial charge in [-0.2, -0.15) is 8.42 Å². The Labute approximate surface area is 118 Å². The Balaban J connectivity index is 2.76. The molecule has 0 unspecified atom stereocenters. The summed E-state index contributed by atoms with van der Waals surface area (Å²) in [5.41, 5.74) is -0.465. The van der Waals surface area contributed by atoms with Crippen LogP contribution in [-0.2, 0) is 21.6 Å². The molecule has 0 aliphatic carbocycles. The smallest absolute Gasteiger partial charge is 0.446 e. The minimum absolute atomic E-state index is 0.0192. The Bertz CT molecular complexity index is 878. The van der Waals surface area contributed by atoms with Crippen molar-refractivity contribution in [3.63, 3.8) is 0 Å². The second-order valence-corrected chi connectivity index (χ2v) is 5.28. The van der Waals surface area contributed by atoms with Gasteiger partial charge in [-0.3, -0.25) is 14.1 Å². The van der Waals surface area contributed by atoms with Crippen LogP contribution < -0.4 is 9.61 Å². The summed E-state index contributed by atoms with van der Waals surface area (Å²) in [4.78, 5) is 22.8. The number of hydrogen-bond donors (Lipinski definition) is 2. The average Bonchev–Trinajstić information content (AvgIpc) is 2.23. The molecule has 0 amide bonds. The fraction of sp³-hybridized carbons (Fsp3) is 0.167. The zero-order valence-corrected chi connectivity index (χ0v) is 11.5. The second kappa shape index (κ2) is 5.19. The minimum atomic E-state index is -4.78. The van der Waals surface area contributed by atoms with E-state index in [1.54, 1.807) is 0 Å². The fourth-order valence-electron chi connectivity index (χ4n) is 1.94. The number of carboxylic acids is 1. The van der Waals surface area contributed by atoms with Crippen LogP contribution in [0.25, 0.3) is 11.0 Å². The third-order valence-corrected chi connectivity index (χ3v) is 2.96. The number of carboxylic acid groups (broad SMARTS) is 1.